The summed E-state index contributed by atoms with van der Waals surface area (Å²) >= 11 is 12.1. The largest absolute Gasteiger partial charge is 0.488 e. The molecule has 3 aromatic rings. The van der Waals surface area contributed by atoms with Gasteiger partial charge in [-0.25, -0.2) is 9.79 Å². The number of para-hydroxylation sites is 1. The monoisotopic (exact) mass is 437 g/mol. The summed E-state index contributed by atoms with van der Waals surface area (Å²) in [6.07, 6.45) is 1.65. The molecule has 4 nitrogen and oxygen atoms in total. The van der Waals surface area contributed by atoms with Gasteiger partial charge in [-0.3, -0.25) is 0 Å². The van der Waals surface area contributed by atoms with Gasteiger partial charge in [0.05, 0.1) is 10.6 Å². The highest BCUT2D eigenvalue weighted by Gasteiger charge is 2.26. The molecule has 0 unspecified atom stereocenters. The van der Waals surface area contributed by atoms with Gasteiger partial charge in [0.1, 0.15) is 12.4 Å². The lowest BCUT2D eigenvalue weighted by Crippen LogP contribution is -2.06. The Morgan fingerprint density at radius 2 is 1.80 bits per heavy atom. The van der Waals surface area contributed by atoms with Crippen molar-refractivity contribution >= 4 is 41.1 Å². The minimum absolute atomic E-state index is 0.145. The molecule has 0 saturated heterocycles. The maximum Gasteiger partial charge on any atom is 0.363 e. The number of ether oxygens (including phenoxy) is 2. The topological polar surface area (TPSA) is 47.9 Å². The van der Waals surface area contributed by atoms with Crippen LogP contribution in [-0.2, 0) is 16.1 Å². The molecular weight excluding hydrogens is 421 g/mol. The Kier molecular flexibility index (Phi) is 5.88. The Labute approximate surface area is 184 Å². The third-order valence-corrected chi connectivity index (χ3v) is 5.19. The van der Waals surface area contributed by atoms with Gasteiger partial charge in [-0.2, -0.15) is 0 Å². The van der Waals surface area contributed by atoms with Crippen molar-refractivity contribution in [2.75, 3.05) is 0 Å². The molecule has 0 fully saturated rings. The molecule has 4 rings (SSSR count). The highest BCUT2D eigenvalue weighted by Crippen LogP contribution is 2.28. The van der Waals surface area contributed by atoms with E-state index in [4.69, 9.17) is 32.7 Å². The van der Waals surface area contributed by atoms with E-state index in [0.29, 0.717) is 28.0 Å². The van der Waals surface area contributed by atoms with E-state index in [9.17, 15) is 4.79 Å². The second-order valence-corrected chi connectivity index (χ2v) is 7.56. The molecule has 0 aliphatic carbocycles. The molecule has 1 heterocycles. The van der Waals surface area contributed by atoms with Crippen LogP contribution in [0, 0.1) is 6.92 Å². The lowest BCUT2D eigenvalue weighted by Gasteiger charge is -2.11. The maximum atomic E-state index is 12.4. The summed E-state index contributed by atoms with van der Waals surface area (Å²) in [5.74, 6) is 0.241. The first kappa shape index (κ1) is 20.2. The van der Waals surface area contributed by atoms with Gasteiger partial charge >= 0.3 is 5.97 Å². The third kappa shape index (κ3) is 4.40. The van der Waals surface area contributed by atoms with Crippen LogP contribution in [0.3, 0.4) is 0 Å². The van der Waals surface area contributed by atoms with Gasteiger partial charge in [-0.1, -0.05) is 65.7 Å². The fraction of sp³-hybridized carbons (Fsp3) is 0.0833. The lowest BCUT2D eigenvalue weighted by molar-refractivity contribution is -0.129. The van der Waals surface area contributed by atoms with Gasteiger partial charge in [0, 0.05) is 10.6 Å². The number of aryl methyl sites for hydroxylation is 1. The number of esters is 1. The molecule has 150 valence electrons. The van der Waals surface area contributed by atoms with Crippen LogP contribution in [-0.4, -0.2) is 11.9 Å². The fourth-order valence-electron chi connectivity index (χ4n) is 2.99. The van der Waals surface area contributed by atoms with E-state index < -0.39 is 5.97 Å². The van der Waals surface area contributed by atoms with E-state index in [1.807, 2.05) is 55.5 Å². The number of halogens is 2. The number of aliphatic imine (C=N–C) groups is 1. The molecule has 1 aliphatic rings. The second-order valence-electron chi connectivity index (χ2n) is 6.71. The lowest BCUT2D eigenvalue weighted by atomic mass is 10.1. The summed E-state index contributed by atoms with van der Waals surface area (Å²) in [6.45, 7) is 2.46. The molecule has 0 amide bonds. The zero-order valence-corrected chi connectivity index (χ0v) is 17.6. The van der Waals surface area contributed by atoms with Gasteiger partial charge in [0.25, 0.3) is 0 Å². The number of nitrogens with zero attached hydrogens (tertiary/aromatic N) is 1. The molecule has 0 radical (unpaired) electrons. The van der Waals surface area contributed by atoms with Crippen molar-refractivity contribution in [3.05, 3.63) is 105 Å². The number of hydrogen-bond donors (Lipinski definition) is 0. The van der Waals surface area contributed by atoms with E-state index in [1.54, 1.807) is 24.3 Å². The smallest absolute Gasteiger partial charge is 0.363 e. The Bertz CT molecular complexity index is 1180. The van der Waals surface area contributed by atoms with Crippen LogP contribution in [0.25, 0.3) is 6.08 Å². The number of benzene rings is 3. The van der Waals surface area contributed by atoms with Crippen molar-refractivity contribution in [2.24, 2.45) is 4.99 Å². The Balaban J connectivity index is 1.61. The van der Waals surface area contributed by atoms with Crippen LogP contribution in [0.4, 0.5) is 0 Å². The van der Waals surface area contributed by atoms with Gasteiger partial charge in [0.15, 0.2) is 5.70 Å². The van der Waals surface area contributed by atoms with E-state index in [2.05, 4.69) is 4.99 Å². The minimum Gasteiger partial charge on any atom is -0.488 e. The van der Waals surface area contributed by atoms with E-state index in [0.717, 1.165) is 16.7 Å². The number of carbonyl (C=O) groups excluding carboxylic acids is 1. The minimum atomic E-state index is -0.551. The van der Waals surface area contributed by atoms with E-state index in [1.165, 1.54) is 0 Å². The summed E-state index contributed by atoms with van der Waals surface area (Å²) in [5.41, 5.74) is 3.65. The number of hydrogen-bond acceptors (Lipinski definition) is 4. The fourth-order valence-corrected chi connectivity index (χ4v) is 3.48. The molecule has 30 heavy (non-hydrogen) atoms. The van der Waals surface area contributed by atoms with Crippen molar-refractivity contribution in [2.45, 2.75) is 13.5 Å². The van der Waals surface area contributed by atoms with Crippen LogP contribution >= 0.6 is 23.2 Å². The van der Waals surface area contributed by atoms with Crippen LogP contribution < -0.4 is 4.74 Å². The average Bonchev–Trinajstić information content (AvgIpc) is 3.08. The van der Waals surface area contributed by atoms with Gasteiger partial charge in [0.2, 0.25) is 5.90 Å². The molecule has 0 saturated carbocycles. The molecule has 3 aromatic carbocycles. The summed E-state index contributed by atoms with van der Waals surface area (Å²) in [4.78, 5) is 16.7. The van der Waals surface area contributed by atoms with Crippen LogP contribution in [0.1, 0.15) is 22.3 Å². The first-order chi connectivity index (χ1) is 14.5. The number of rotatable bonds is 5. The molecule has 6 heteroatoms. The highest BCUT2D eigenvalue weighted by molar-refractivity contribution is 6.37. The van der Waals surface area contributed by atoms with Crippen LogP contribution in [0.5, 0.6) is 5.75 Å². The zero-order chi connectivity index (χ0) is 21.1. The first-order valence-electron chi connectivity index (χ1n) is 9.25. The zero-order valence-electron chi connectivity index (χ0n) is 16.1. The number of carbonyl (C=O) groups is 1. The average molecular weight is 438 g/mol. The van der Waals surface area contributed by atoms with Crippen molar-refractivity contribution in [3.63, 3.8) is 0 Å². The Hall–Kier alpha value is -3.08. The van der Waals surface area contributed by atoms with Gasteiger partial charge < -0.3 is 9.47 Å². The summed E-state index contributed by atoms with van der Waals surface area (Å²) in [5, 5.41) is 0.849. The van der Waals surface area contributed by atoms with Crippen molar-refractivity contribution in [1.29, 1.82) is 0 Å². The molecule has 0 N–H and O–H groups in total. The maximum absolute atomic E-state index is 12.4. The summed E-state index contributed by atoms with van der Waals surface area (Å²) in [6, 6.07) is 20.4. The quantitative estimate of drug-likeness (QED) is 0.351. The molecule has 0 bridgehead atoms. The Morgan fingerprint density at radius 1 is 1.03 bits per heavy atom. The molecular formula is C24H17Cl2NO3. The highest BCUT2D eigenvalue weighted by atomic mass is 35.5. The van der Waals surface area contributed by atoms with Crippen LogP contribution in [0.15, 0.2) is 77.4 Å². The van der Waals surface area contributed by atoms with Gasteiger partial charge in [-0.15, -0.1) is 0 Å². The summed E-state index contributed by atoms with van der Waals surface area (Å²) < 4.78 is 11.3. The SMILES string of the molecule is Cc1ccccc1COc1ccccc1/C=C1\N=C(c2ccc(Cl)cc2Cl)OC1=O. The molecule has 0 spiro atoms. The third-order valence-electron chi connectivity index (χ3n) is 4.64. The predicted octanol–water partition coefficient (Wildman–Crippen LogP) is 6.23. The van der Waals surface area contributed by atoms with Crippen molar-refractivity contribution in [1.82, 2.24) is 0 Å². The van der Waals surface area contributed by atoms with Crippen molar-refractivity contribution in [3.8, 4) is 5.75 Å². The number of cyclic esters (lactones) is 1. The second kappa shape index (κ2) is 8.74. The summed E-state index contributed by atoms with van der Waals surface area (Å²) in [7, 11) is 0. The molecule has 0 aromatic heterocycles. The molecule has 1 aliphatic heterocycles. The first-order valence-corrected chi connectivity index (χ1v) is 10.0. The van der Waals surface area contributed by atoms with E-state index in [-0.39, 0.29) is 11.6 Å². The predicted molar refractivity (Wildman–Crippen MR) is 119 cm³/mol. The van der Waals surface area contributed by atoms with Gasteiger partial charge in [-0.05, 0) is 48.4 Å². The van der Waals surface area contributed by atoms with E-state index >= 15 is 0 Å². The van der Waals surface area contributed by atoms with Crippen molar-refractivity contribution < 1.29 is 14.3 Å². The Morgan fingerprint density at radius 3 is 2.60 bits per heavy atom. The molecule has 0 atom stereocenters. The standard InChI is InChI=1S/C24H17Cl2NO3/c1-15-6-2-3-8-17(15)14-29-22-9-5-4-7-16(22)12-21-24(28)30-23(27-21)19-11-10-18(25)13-20(19)26/h2-13H,14H2,1H3/b21-12-. The van der Waals surface area contributed by atoms with Crippen LogP contribution in [0.2, 0.25) is 10.0 Å². The normalized spacial score (nSPS) is 14.6.